The molecule has 24 nitrogen and oxygen atoms in total. The standard InChI is InChI=1S/C67H122N12O12S/c1-27-29-30-44(15)56(80)55-60(84)70-47(28-2)62(86)77(24)52(37-92-32-31-72(18)19)65(89)73(20)49(34-39(5)6)59(83)71-53(42(11)12)66(90)74(21)48(33-38(3)4)58(82)68-45(16)57(81)69-46(17)61(85)75(22)50(35-40(7)8)63(87)76(23)51(36-41(9)10)64(88)78(25)54(43(13)14)67(91)79(55)26/h27,29,38-56,80H,28,30-37H2,1-26H3,(H,68,82)(H,69,81)(H,70,84)(H,71,83)/b29-27+/t44-,45+,46+,47+,48+,49+,50+,51+,52-,53+,54+,55+,56-/m1/s1. The van der Waals surface area contributed by atoms with Crippen LogP contribution in [0.1, 0.15) is 156 Å². The van der Waals surface area contributed by atoms with E-state index in [1.54, 1.807) is 47.6 Å². The molecular formula is C67H122N12O12S. The number of allylic oxidation sites excluding steroid dienone is 2. The van der Waals surface area contributed by atoms with Gasteiger partial charge in [0, 0.05) is 67.4 Å². The molecule has 1 rings (SSSR count). The second kappa shape index (κ2) is 39.1. The van der Waals surface area contributed by atoms with Crippen LogP contribution < -0.4 is 21.3 Å². The van der Waals surface area contributed by atoms with Crippen LogP contribution in [0.25, 0.3) is 0 Å². The minimum Gasteiger partial charge on any atom is -0.390 e. The van der Waals surface area contributed by atoms with Crippen molar-refractivity contribution in [1.29, 1.82) is 0 Å². The third-order valence-corrected chi connectivity index (χ3v) is 18.4. The second-order valence-electron chi connectivity index (χ2n) is 28.2. The number of aliphatic hydroxyl groups excluding tert-OH is 1. The maximum absolute atomic E-state index is 15.3. The molecule has 1 fully saturated rings. The van der Waals surface area contributed by atoms with Gasteiger partial charge in [0.15, 0.2) is 0 Å². The molecule has 13 atom stereocenters. The lowest BCUT2D eigenvalue weighted by Crippen LogP contribution is -2.64. The Balaban J connectivity index is 4.53. The fraction of sp³-hybridized carbons (Fsp3) is 0.806. The molecule has 0 radical (unpaired) electrons. The summed E-state index contributed by atoms with van der Waals surface area (Å²) >= 11 is 1.41. The molecule has 1 aliphatic rings. The zero-order valence-electron chi connectivity index (χ0n) is 60.9. The minimum absolute atomic E-state index is 0.00947. The van der Waals surface area contributed by atoms with Crippen molar-refractivity contribution in [3.05, 3.63) is 12.2 Å². The summed E-state index contributed by atoms with van der Waals surface area (Å²) in [5.41, 5.74) is 0. The predicted molar refractivity (Wildman–Crippen MR) is 363 cm³/mol. The van der Waals surface area contributed by atoms with E-state index < -0.39 is 155 Å². The summed E-state index contributed by atoms with van der Waals surface area (Å²) in [5, 5.41) is 23.5. The molecular weight excluding hydrogens is 1200 g/mol. The van der Waals surface area contributed by atoms with Gasteiger partial charge in [-0.05, 0) is 115 Å². The number of amides is 11. The zero-order chi connectivity index (χ0) is 71.3. The molecule has 0 saturated carbocycles. The number of nitrogens with zero attached hydrogens (tertiary/aromatic N) is 8. The molecule has 25 heteroatoms. The SMILES string of the molecule is C/C=C/C[C@@H](C)[C@@H](O)[C@H]1C(=O)N[C@@H](CC)C(=O)N(C)[C@H](CSCCN(C)C)C(=O)N(C)[C@@H](CC(C)C)C(=O)N[C@@H](C(C)C)C(=O)N(C)[C@@H](CC(C)C)C(=O)N[C@@H](C)C(=O)N[C@@H](C)C(=O)N(C)[C@@H](CC(C)C)C(=O)N(C)[C@@H](CC(C)C)C(=O)N(C)[C@@H](C(C)C)C(=O)N1C. The van der Waals surface area contributed by atoms with E-state index in [0.717, 1.165) is 4.90 Å². The van der Waals surface area contributed by atoms with Gasteiger partial charge in [-0.1, -0.05) is 109 Å². The Labute approximate surface area is 556 Å². The molecule has 0 aromatic rings. The third-order valence-electron chi connectivity index (χ3n) is 17.3. The monoisotopic (exact) mass is 1320 g/mol. The molecule has 0 aromatic carbocycles. The van der Waals surface area contributed by atoms with Crippen LogP contribution in [0, 0.1) is 41.4 Å². The Morgan fingerprint density at radius 1 is 0.467 bits per heavy atom. The molecule has 92 heavy (non-hydrogen) atoms. The summed E-state index contributed by atoms with van der Waals surface area (Å²) in [6.45, 7) is 30.7. The van der Waals surface area contributed by atoms with E-state index in [2.05, 4.69) is 21.3 Å². The maximum Gasteiger partial charge on any atom is 0.246 e. The fourth-order valence-electron chi connectivity index (χ4n) is 11.4. The second-order valence-corrected chi connectivity index (χ2v) is 29.3. The van der Waals surface area contributed by atoms with Gasteiger partial charge >= 0.3 is 0 Å². The van der Waals surface area contributed by atoms with Gasteiger partial charge in [-0.25, -0.2) is 0 Å². The average Bonchev–Trinajstić information content (AvgIpc) is 0.861. The number of aliphatic hydroxyl groups is 1. The molecule has 0 aliphatic carbocycles. The molecule has 1 saturated heterocycles. The van der Waals surface area contributed by atoms with E-state index in [-0.39, 0.29) is 61.5 Å². The van der Waals surface area contributed by atoms with Crippen molar-refractivity contribution in [3.63, 3.8) is 0 Å². The van der Waals surface area contributed by atoms with E-state index in [0.29, 0.717) is 18.7 Å². The molecule has 5 N–H and O–H groups in total. The van der Waals surface area contributed by atoms with Crippen molar-refractivity contribution >= 4 is 76.7 Å². The van der Waals surface area contributed by atoms with E-state index in [9.17, 15) is 29.1 Å². The zero-order valence-corrected chi connectivity index (χ0v) is 61.7. The Morgan fingerprint density at radius 2 is 0.870 bits per heavy atom. The average molecular weight is 1320 g/mol. The van der Waals surface area contributed by atoms with Crippen molar-refractivity contribution in [2.24, 2.45) is 41.4 Å². The highest BCUT2D eigenvalue weighted by molar-refractivity contribution is 7.99. The number of hydrogen-bond acceptors (Lipinski definition) is 14. The van der Waals surface area contributed by atoms with Crippen molar-refractivity contribution < 1.29 is 57.8 Å². The topological polar surface area (TPSA) is 282 Å². The lowest BCUT2D eigenvalue weighted by atomic mass is 9.91. The van der Waals surface area contributed by atoms with Crippen LogP contribution in [0.5, 0.6) is 0 Å². The summed E-state index contributed by atoms with van der Waals surface area (Å²) in [7, 11) is 13.9. The van der Waals surface area contributed by atoms with Gasteiger partial charge in [0.25, 0.3) is 0 Å². The Bertz CT molecular complexity index is 2490. The Hall–Kier alpha value is -5.82. The highest BCUT2D eigenvalue weighted by atomic mass is 32.2. The fourth-order valence-corrected chi connectivity index (χ4v) is 12.7. The van der Waals surface area contributed by atoms with Gasteiger partial charge in [-0.2, -0.15) is 11.8 Å². The predicted octanol–water partition coefficient (Wildman–Crippen LogP) is 3.93. The lowest BCUT2D eigenvalue weighted by Gasteiger charge is -2.41. The molecule has 1 heterocycles. The van der Waals surface area contributed by atoms with Gasteiger partial charge in [0.05, 0.1) is 6.10 Å². The maximum atomic E-state index is 15.3. The number of likely N-dealkylation sites (N-methyl/N-ethyl adjacent to an activating group) is 7. The number of carbonyl (C=O) groups is 11. The molecule has 0 unspecified atom stereocenters. The number of hydrogen-bond donors (Lipinski definition) is 5. The molecule has 528 valence electrons. The minimum atomic E-state index is -1.63. The molecule has 0 bridgehead atoms. The van der Waals surface area contributed by atoms with Crippen LogP contribution in [0.4, 0.5) is 0 Å². The van der Waals surface area contributed by atoms with Crippen LogP contribution in [-0.4, -0.2) is 263 Å². The van der Waals surface area contributed by atoms with Crippen LogP contribution in [0.3, 0.4) is 0 Å². The highest BCUT2D eigenvalue weighted by Gasteiger charge is 2.46. The molecule has 0 spiro atoms. The third kappa shape index (κ3) is 24.2. The molecule has 0 aromatic heterocycles. The van der Waals surface area contributed by atoms with Gasteiger partial charge in [-0.15, -0.1) is 0 Å². The first-order valence-electron chi connectivity index (χ1n) is 33.1. The summed E-state index contributed by atoms with van der Waals surface area (Å²) < 4.78 is 0. The van der Waals surface area contributed by atoms with Crippen molar-refractivity contribution in [1.82, 2.24) is 60.5 Å². The Morgan fingerprint density at radius 3 is 1.32 bits per heavy atom. The Kier molecular flexibility index (Phi) is 35.8. The van der Waals surface area contributed by atoms with Crippen molar-refractivity contribution in [2.45, 2.75) is 229 Å². The number of thioether (sulfide) groups is 1. The number of rotatable bonds is 20. The summed E-state index contributed by atoms with van der Waals surface area (Å²) in [6, 6.07) is -13.7. The van der Waals surface area contributed by atoms with Crippen molar-refractivity contribution in [2.75, 3.05) is 81.5 Å². The first-order chi connectivity index (χ1) is 42.5. The van der Waals surface area contributed by atoms with E-state index in [1.165, 1.54) is 104 Å². The largest absolute Gasteiger partial charge is 0.390 e. The molecule has 11 amide bonds. The van der Waals surface area contributed by atoms with Crippen LogP contribution >= 0.6 is 11.8 Å². The lowest BCUT2D eigenvalue weighted by molar-refractivity contribution is -0.157. The van der Waals surface area contributed by atoms with Crippen molar-refractivity contribution in [3.8, 4) is 0 Å². The quantitative estimate of drug-likeness (QED) is 0.0854. The normalized spacial score (nSPS) is 26.7. The van der Waals surface area contributed by atoms with Crippen LogP contribution in [0.2, 0.25) is 0 Å². The van der Waals surface area contributed by atoms with Crippen LogP contribution in [0.15, 0.2) is 12.2 Å². The number of carbonyl (C=O) groups excluding carboxylic acids is 11. The summed E-state index contributed by atoms with van der Waals surface area (Å²) in [6.07, 6.45) is 3.00. The summed E-state index contributed by atoms with van der Waals surface area (Å²) in [5.74, 6) is -9.09. The molecule has 1 aliphatic heterocycles. The van der Waals surface area contributed by atoms with Gasteiger partial charge in [0.1, 0.15) is 66.5 Å². The van der Waals surface area contributed by atoms with Gasteiger partial charge in [0.2, 0.25) is 65.0 Å². The van der Waals surface area contributed by atoms with E-state index >= 15 is 28.8 Å². The highest BCUT2D eigenvalue weighted by Crippen LogP contribution is 2.26. The number of nitrogens with one attached hydrogen (secondary N) is 4. The first-order valence-corrected chi connectivity index (χ1v) is 34.3. The van der Waals surface area contributed by atoms with E-state index in [1.807, 2.05) is 87.4 Å². The summed E-state index contributed by atoms with van der Waals surface area (Å²) in [4.78, 5) is 174. The first kappa shape index (κ1) is 84.2. The smallest absolute Gasteiger partial charge is 0.246 e. The van der Waals surface area contributed by atoms with Gasteiger partial charge in [-0.3, -0.25) is 52.7 Å². The van der Waals surface area contributed by atoms with E-state index in [4.69, 9.17) is 0 Å². The van der Waals surface area contributed by atoms with Crippen LogP contribution in [-0.2, 0) is 52.7 Å². The van der Waals surface area contributed by atoms with Gasteiger partial charge < -0.3 is 65.6 Å².